The lowest BCUT2D eigenvalue weighted by molar-refractivity contribution is -0.119. The van der Waals surface area contributed by atoms with E-state index in [4.69, 9.17) is 4.74 Å². The van der Waals surface area contributed by atoms with E-state index in [1.54, 1.807) is 18.2 Å². The Balaban J connectivity index is 1.66. The first-order chi connectivity index (χ1) is 12.0. The zero-order valence-corrected chi connectivity index (χ0v) is 15.2. The summed E-state index contributed by atoms with van der Waals surface area (Å²) < 4.78 is 6.11. The number of fused-ring (bicyclic) bond motifs is 1. The molecule has 0 aliphatic heterocycles. The first-order valence-electron chi connectivity index (χ1n) is 7.75. The van der Waals surface area contributed by atoms with E-state index in [1.807, 2.05) is 49.4 Å². The number of ether oxygens (including phenoxy) is 1. The minimum absolute atomic E-state index is 0.336. The Morgan fingerprint density at radius 1 is 1.04 bits per heavy atom. The molecule has 0 saturated carbocycles. The topological polar surface area (TPSA) is 55.4 Å². The van der Waals surface area contributed by atoms with Gasteiger partial charge in [0.25, 0.3) is 5.91 Å². The average molecular weight is 398 g/mol. The smallest absolute Gasteiger partial charge is 0.339 e. The monoisotopic (exact) mass is 397 g/mol. The normalized spacial score (nSPS) is 10.5. The van der Waals surface area contributed by atoms with Crippen LogP contribution in [-0.4, -0.2) is 18.5 Å². The number of amides is 1. The molecule has 0 atom stereocenters. The Morgan fingerprint density at radius 3 is 2.60 bits per heavy atom. The number of carbonyl (C=O) groups is 2. The van der Waals surface area contributed by atoms with Gasteiger partial charge in [0.2, 0.25) is 0 Å². The first kappa shape index (κ1) is 17.2. The van der Waals surface area contributed by atoms with Crippen LogP contribution >= 0.6 is 15.9 Å². The summed E-state index contributed by atoms with van der Waals surface area (Å²) in [5, 5.41) is 4.50. The molecule has 0 heterocycles. The van der Waals surface area contributed by atoms with Crippen LogP contribution in [0.15, 0.2) is 65.1 Å². The van der Waals surface area contributed by atoms with Crippen molar-refractivity contribution in [2.45, 2.75) is 6.92 Å². The quantitative estimate of drug-likeness (QED) is 0.648. The van der Waals surface area contributed by atoms with E-state index >= 15 is 0 Å². The summed E-state index contributed by atoms with van der Waals surface area (Å²) in [6, 6.07) is 18.5. The number of hydrogen-bond acceptors (Lipinski definition) is 3. The second-order valence-electron chi connectivity index (χ2n) is 5.61. The summed E-state index contributed by atoms with van der Waals surface area (Å²) in [5.41, 5.74) is 2.06. The Kier molecular flexibility index (Phi) is 5.14. The highest BCUT2D eigenvalue weighted by Crippen LogP contribution is 2.21. The molecule has 0 saturated heterocycles. The van der Waals surface area contributed by atoms with Gasteiger partial charge < -0.3 is 10.1 Å². The van der Waals surface area contributed by atoms with Gasteiger partial charge in [-0.25, -0.2) is 4.79 Å². The molecule has 0 radical (unpaired) electrons. The van der Waals surface area contributed by atoms with Gasteiger partial charge in [-0.15, -0.1) is 0 Å². The molecule has 0 aliphatic rings. The van der Waals surface area contributed by atoms with E-state index < -0.39 is 5.97 Å². The number of benzene rings is 3. The number of esters is 1. The third-order valence-electron chi connectivity index (χ3n) is 3.81. The van der Waals surface area contributed by atoms with E-state index in [1.165, 1.54) is 0 Å². The molecule has 3 rings (SSSR count). The Labute approximate surface area is 153 Å². The van der Waals surface area contributed by atoms with Crippen molar-refractivity contribution in [1.29, 1.82) is 0 Å². The third-order valence-corrected chi connectivity index (χ3v) is 4.30. The van der Waals surface area contributed by atoms with Crippen molar-refractivity contribution in [3.05, 3.63) is 76.3 Å². The maximum atomic E-state index is 12.3. The molecule has 0 unspecified atom stereocenters. The number of aryl methyl sites for hydroxylation is 1. The highest BCUT2D eigenvalue weighted by Gasteiger charge is 2.13. The van der Waals surface area contributed by atoms with Gasteiger partial charge in [0.05, 0.1) is 5.56 Å². The predicted molar refractivity (Wildman–Crippen MR) is 102 cm³/mol. The van der Waals surface area contributed by atoms with Crippen molar-refractivity contribution >= 4 is 44.3 Å². The standard InChI is InChI=1S/C20H16BrNO3/c1-13-11-15(21)9-10-18(13)22-19(23)12-25-20(24)17-8-4-6-14-5-2-3-7-16(14)17/h2-11H,12H2,1H3,(H,22,23). The fraction of sp³-hybridized carbons (Fsp3) is 0.100. The number of halogens is 1. The van der Waals surface area contributed by atoms with Crippen LogP contribution in [0.4, 0.5) is 5.69 Å². The lowest BCUT2D eigenvalue weighted by atomic mass is 10.1. The van der Waals surface area contributed by atoms with Crippen molar-refractivity contribution < 1.29 is 14.3 Å². The molecule has 1 N–H and O–H groups in total. The predicted octanol–water partition coefficient (Wildman–Crippen LogP) is 4.71. The zero-order chi connectivity index (χ0) is 17.8. The Hall–Kier alpha value is -2.66. The van der Waals surface area contributed by atoms with Crippen LogP contribution in [0.2, 0.25) is 0 Å². The maximum absolute atomic E-state index is 12.3. The summed E-state index contributed by atoms with van der Waals surface area (Å²) in [5.74, 6) is -0.890. The van der Waals surface area contributed by atoms with E-state index in [9.17, 15) is 9.59 Å². The van der Waals surface area contributed by atoms with Crippen LogP contribution in [0.3, 0.4) is 0 Å². The van der Waals surface area contributed by atoms with Gasteiger partial charge in [0.15, 0.2) is 6.61 Å². The zero-order valence-electron chi connectivity index (χ0n) is 13.6. The molecule has 3 aromatic carbocycles. The van der Waals surface area contributed by atoms with Crippen LogP contribution in [0.1, 0.15) is 15.9 Å². The van der Waals surface area contributed by atoms with Gasteiger partial charge in [-0.3, -0.25) is 4.79 Å². The van der Waals surface area contributed by atoms with Crippen molar-refractivity contribution in [3.8, 4) is 0 Å². The lowest BCUT2D eigenvalue weighted by Crippen LogP contribution is -2.21. The molecule has 3 aromatic rings. The highest BCUT2D eigenvalue weighted by molar-refractivity contribution is 9.10. The van der Waals surface area contributed by atoms with Gasteiger partial charge >= 0.3 is 5.97 Å². The van der Waals surface area contributed by atoms with Gasteiger partial charge in [-0.05, 0) is 47.5 Å². The van der Waals surface area contributed by atoms with Crippen molar-refractivity contribution in [1.82, 2.24) is 0 Å². The molecule has 4 nitrogen and oxygen atoms in total. The first-order valence-corrected chi connectivity index (χ1v) is 8.55. The van der Waals surface area contributed by atoms with Gasteiger partial charge in [-0.1, -0.05) is 52.3 Å². The fourth-order valence-corrected chi connectivity index (χ4v) is 3.04. The number of anilines is 1. The Bertz CT molecular complexity index is 947. The minimum atomic E-state index is -0.514. The fourth-order valence-electron chi connectivity index (χ4n) is 2.57. The average Bonchev–Trinajstić information content (AvgIpc) is 2.61. The molecule has 1 amide bonds. The van der Waals surface area contributed by atoms with E-state index in [0.717, 1.165) is 20.8 Å². The molecular weight excluding hydrogens is 382 g/mol. The van der Waals surface area contributed by atoms with E-state index in [-0.39, 0.29) is 12.5 Å². The molecular formula is C20H16BrNO3. The summed E-state index contributed by atoms with van der Waals surface area (Å²) >= 11 is 3.38. The largest absolute Gasteiger partial charge is 0.452 e. The molecule has 0 bridgehead atoms. The van der Waals surface area contributed by atoms with Crippen LogP contribution in [-0.2, 0) is 9.53 Å². The van der Waals surface area contributed by atoms with Gasteiger partial charge in [0.1, 0.15) is 0 Å². The SMILES string of the molecule is Cc1cc(Br)ccc1NC(=O)COC(=O)c1cccc2ccccc12. The number of nitrogens with one attached hydrogen (secondary N) is 1. The van der Waals surface area contributed by atoms with Gasteiger partial charge in [-0.2, -0.15) is 0 Å². The molecule has 0 aliphatic carbocycles. The number of hydrogen-bond donors (Lipinski definition) is 1. The van der Waals surface area contributed by atoms with Crippen LogP contribution < -0.4 is 5.32 Å². The van der Waals surface area contributed by atoms with Crippen LogP contribution in [0, 0.1) is 6.92 Å². The molecule has 0 spiro atoms. The Morgan fingerprint density at radius 2 is 1.80 bits per heavy atom. The second-order valence-corrected chi connectivity index (χ2v) is 6.53. The maximum Gasteiger partial charge on any atom is 0.339 e. The van der Waals surface area contributed by atoms with Crippen molar-refractivity contribution in [2.24, 2.45) is 0 Å². The molecule has 126 valence electrons. The third kappa shape index (κ3) is 4.06. The summed E-state index contributed by atoms with van der Waals surface area (Å²) in [7, 11) is 0. The second kappa shape index (κ2) is 7.49. The van der Waals surface area contributed by atoms with E-state index in [2.05, 4.69) is 21.2 Å². The number of rotatable bonds is 4. The van der Waals surface area contributed by atoms with Crippen LogP contribution in [0.25, 0.3) is 10.8 Å². The molecule has 5 heteroatoms. The van der Waals surface area contributed by atoms with Crippen molar-refractivity contribution in [2.75, 3.05) is 11.9 Å². The number of carbonyl (C=O) groups excluding carboxylic acids is 2. The van der Waals surface area contributed by atoms with E-state index in [0.29, 0.717) is 11.3 Å². The molecule has 0 fully saturated rings. The highest BCUT2D eigenvalue weighted by atomic mass is 79.9. The van der Waals surface area contributed by atoms with Crippen LogP contribution in [0.5, 0.6) is 0 Å². The summed E-state index contributed by atoms with van der Waals surface area (Å²) in [4.78, 5) is 24.4. The summed E-state index contributed by atoms with van der Waals surface area (Å²) in [6.07, 6.45) is 0. The minimum Gasteiger partial charge on any atom is -0.452 e. The molecule has 25 heavy (non-hydrogen) atoms. The van der Waals surface area contributed by atoms with Gasteiger partial charge in [0, 0.05) is 10.2 Å². The molecule has 0 aromatic heterocycles. The van der Waals surface area contributed by atoms with Crippen molar-refractivity contribution in [3.63, 3.8) is 0 Å². The summed E-state index contributed by atoms with van der Waals surface area (Å²) in [6.45, 7) is 1.56. The lowest BCUT2D eigenvalue weighted by Gasteiger charge is -2.10.